The van der Waals surface area contributed by atoms with Gasteiger partial charge in [-0.15, -0.1) is 0 Å². The van der Waals surface area contributed by atoms with Gasteiger partial charge in [0.2, 0.25) is 0 Å². The van der Waals surface area contributed by atoms with Crippen LogP contribution in [-0.4, -0.2) is 21.3 Å². The van der Waals surface area contributed by atoms with E-state index in [1.807, 2.05) is 30.3 Å². The van der Waals surface area contributed by atoms with Gasteiger partial charge in [-0.2, -0.15) is 5.10 Å². The average molecular weight is 245 g/mol. The maximum absolute atomic E-state index is 11.2. The number of aromatic carboxylic acids is 1. The van der Waals surface area contributed by atoms with E-state index in [4.69, 9.17) is 5.11 Å². The molecule has 0 aliphatic heterocycles. The first-order valence-corrected chi connectivity index (χ1v) is 5.27. The molecule has 0 bridgehead atoms. The third-order valence-electron chi connectivity index (χ3n) is 2.35. The van der Waals surface area contributed by atoms with E-state index in [-0.39, 0.29) is 5.56 Å². The number of aromatic amines is 1. The highest BCUT2D eigenvalue weighted by molar-refractivity contribution is 5.87. The van der Waals surface area contributed by atoms with Crippen molar-refractivity contribution in [1.82, 2.24) is 10.2 Å². The Hall–Kier alpha value is -2.63. The molecule has 0 radical (unpaired) electrons. The monoisotopic (exact) mass is 245 g/mol. The van der Waals surface area contributed by atoms with Crippen molar-refractivity contribution in [3.63, 3.8) is 0 Å². The second kappa shape index (κ2) is 5.13. The number of nitrogens with zero attached hydrogens (tertiary/aromatic N) is 1. The van der Waals surface area contributed by atoms with Crippen LogP contribution in [0.5, 0.6) is 0 Å². The Morgan fingerprint density at radius 3 is 2.72 bits per heavy atom. The molecule has 0 amide bonds. The first kappa shape index (κ1) is 11.8. The summed E-state index contributed by atoms with van der Waals surface area (Å²) < 4.78 is 0. The minimum atomic E-state index is -1.28. The third-order valence-corrected chi connectivity index (χ3v) is 2.35. The van der Waals surface area contributed by atoms with E-state index < -0.39 is 11.5 Å². The second-order valence-electron chi connectivity index (χ2n) is 3.64. The number of aromatic nitrogens is 2. The van der Waals surface area contributed by atoms with E-state index in [1.54, 1.807) is 0 Å². The van der Waals surface area contributed by atoms with Crippen LogP contribution in [0.15, 0.2) is 41.2 Å². The number of H-pyrrole nitrogens is 1. The van der Waals surface area contributed by atoms with Crippen LogP contribution in [0.2, 0.25) is 0 Å². The van der Waals surface area contributed by atoms with Crippen LogP contribution in [0.1, 0.15) is 15.9 Å². The summed E-state index contributed by atoms with van der Waals surface area (Å²) in [6.45, 7) is 0.499. The van der Waals surface area contributed by atoms with Crippen LogP contribution in [0, 0.1) is 0 Å². The van der Waals surface area contributed by atoms with Crippen molar-refractivity contribution >= 4 is 11.8 Å². The van der Waals surface area contributed by atoms with E-state index in [9.17, 15) is 9.59 Å². The van der Waals surface area contributed by atoms with Crippen LogP contribution in [0.3, 0.4) is 0 Å². The van der Waals surface area contributed by atoms with Gasteiger partial charge in [-0.1, -0.05) is 30.3 Å². The summed E-state index contributed by atoms with van der Waals surface area (Å²) >= 11 is 0. The number of nitrogens with one attached hydrogen (secondary N) is 2. The molecule has 2 rings (SSSR count). The summed E-state index contributed by atoms with van der Waals surface area (Å²) in [4.78, 5) is 21.9. The SMILES string of the molecule is O=C(O)c1cc(NCc2ccccc2)n[nH]c1=O. The van der Waals surface area contributed by atoms with Crippen molar-refractivity contribution in [2.45, 2.75) is 6.54 Å². The number of carboxylic acid groups (broad SMARTS) is 1. The van der Waals surface area contributed by atoms with E-state index >= 15 is 0 Å². The summed E-state index contributed by atoms with van der Waals surface area (Å²) in [5.74, 6) is -0.961. The van der Waals surface area contributed by atoms with E-state index in [2.05, 4.69) is 15.5 Å². The summed E-state index contributed by atoms with van der Waals surface area (Å²) in [7, 11) is 0. The Balaban J connectivity index is 2.13. The number of anilines is 1. The van der Waals surface area contributed by atoms with Crippen LogP contribution in [0.25, 0.3) is 0 Å². The standard InChI is InChI=1S/C12H11N3O3/c16-11-9(12(17)18)6-10(14-15-11)13-7-8-4-2-1-3-5-8/h1-6H,7H2,(H,13,14)(H,15,16)(H,17,18). The first-order chi connectivity index (χ1) is 8.66. The van der Waals surface area contributed by atoms with Crippen molar-refractivity contribution in [2.24, 2.45) is 0 Å². The zero-order valence-corrected chi connectivity index (χ0v) is 9.38. The molecule has 3 N–H and O–H groups in total. The number of hydrogen-bond acceptors (Lipinski definition) is 4. The summed E-state index contributed by atoms with van der Waals surface area (Å²) in [5.41, 5.74) is -0.0179. The third kappa shape index (κ3) is 2.73. The van der Waals surface area contributed by atoms with Crippen LogP contribution in [0.4, 0.5) is 5.82 Å². The van der Waals surface area contributed by atoms with Crippen molar-refractivity contribution in [3.05, 3.63) is 57.9 Å². The summed E-state index contributed by atoms with van der Waals surface area (Å²) in [5, 5.41) is 17.6. The largest absolute Gasteiger partial charge is 0.477 e. The van der Waals surface area contributed by atoms with Crippen molar-refractivity contribution in [3.8, 4) is 0 Å². The molecule has 0 fully saturated rings. The van der Waals surface area contributed by atoms with Gasteiger partial charge in [0, 0.05) is 12.6 Å². The van der Waals surface area contributed by atoms with Gasteiger partial charge in [-0.3, -0.25) is 4.79 Å². The van der Waals surface area contributed by atoms with Crippen LogP contribution >= 0.6 is 0 Å². The second-order valence-corrected chi connectivity index (χ2v) is 3.64. The molecule has 0 unspecified atom stereocenters. The maximum Gasteiger partial charge on any atom is 0.341 e. The molecule has 2 aromatic rings. The fraction of sp³-hybridized carbons (Fsp3) is 0.0833. The Morgan fingerprint density at radius 2 is 2.06 bits per heavy atom. The molecule has 1 heterocycles. The van der Waals surface area contributed by atoms with Gasteiger partial charge >= 0.3 is 5.97 Å². The average Bonchev–Trinajstić information content (AvgIpc) is 2.38. The topological polar surface area (TPSA) is 95.1 Å². The highest BCUT2D eigenvalue weighted by Gasteiger charge is 2.09. The van der Waals surface area contributed by atoms with Gasteiger partial charge in [0.25, 0.3) is 5.56 Å². The minimum Gasteiger partial charge on any atom is -0.477 e. The fourth-order valence-electron chi connectivity index (χ4n) is 1.44. The van der Waals surface area contributed by atoms with Gasteiger partial charge < -0.3 is 10.4 Å². The molecular weight excluding hydrogens is 234 g/mol. The number of hydrogen-bond donors (Lipinski definition) is 3. The quantitative estimate of drug-likeness (QED) is 0.749. The summed E-state index contributed by atoms with van der Waals surface area (Å²) in [6.07, 6.45) is 0. The van der Waals surface area contributed by atoms with E-state index in [1.165, 1.54) is 6.07 Å². The molecule has 0 aliphatic rings. The maximum atomic E-state index is 11.2. The Bertz CT molecular complexity index is 607. The zero-order chi connectivity index (χ0) is 13.0. The molecule has 6 nitrogen and oxygen atoms in total. The lowest BCUT2D eigenvalue weighted by Crippen LogP contribution is -2.19. The number of benzene rings is 1. The van der Waals surface area contributed by atoms with Crippen LogP contribution < -0.4 is 10.9 Å². The fourth-order valence-corrected chi connectivity index (χ4v) is 1.44. The predicted octanol–water partition coefficient (Wildman–Crippen LogP) is 1.08. The smallest absolute Gasteiger partial charge is 0.341 e. The minimum absolute atomic E-state index is 0.316. The first-order valence-electron chi connectivity index (χ1n) is 5.27. The Kier molecular flexibility index (Phi) is 3.38. The molecule has 92 valence electrons. The normalized spacial score (nSPS) is 10.0. The molecule has 0 atom stereocenters. The van der Waals surface area contributed by atoms with Gasteiger partial charge in [0.1, 0.15) is 11.4 Å². The molecule has 6 heteroatoms. The molecule has 1 aromatic heterocycles. The van der Waals surface area contributed by atoms with Crippen molar-refractivity contribution in [1.29, 1.82) is 0 Å². The lowest BCUT2D eigenvalue weighted by atomic mass is 10.2. The van der Waals surface area contributed by atoms with Crippen LogP contribution in [-0.2, 0) is 6.54 Å². The van der Waals surface area contributed by atoms with E-state index in [0.29, 0.717) is 12.4 Å². The summed E-state index contributed by atoms with van der Waals surface area (Å²) in [6, 6.07) is 10.8. The van der Waals surface area contributed by atoms with Gasteiger partial charge in [0.05, 0.1) is 0 Å². The predicted molar refractivity (Wildman–Crippen MR) is 65.6 cm³/mol. The highest BCUT2D eigenvalue weighted by Crippen LogP contribution is 2.05. The van der Waals surface area contributed by atoms with Gasteiger partial charge in [-0.05, 0) is 5.56 Å². The lowest BCUT2D eigenvalue weighted by Gasteiger charge is -2.05. The number of carbonyl (C=O) groups is 1. The van der Waals surface area contributed by atoms with E-state index in [0.717, 1.165) is 5.56 Å². The number of rotatable bonds is 4. The zero-order valence-electron chi connectivity index (χ0n) is 9.38. The molecule has 0 saturated heterocycles. The Labute approximate surface area is 102 Å². The highest BCUT2D eigenvalue weighted by atomic mass is 16.4. The molecule has 0 spiro atoms. The van der Waals surface area contributed by atoms with Crippen molar-refractivity contribution in [2.75, 3.05) is 5.32 Å². The van der Waals surface area contributed by atoms with Crippen molar-refractivity contribution < 1.29 is 9.90 Å². The molecule has 18 heavy (non-hydrogen) atoms. The lowest BCUT2D eigenvalue weighted by molar-refractivity contribution is 0.0694. The Morgan fingerprint density at radius 1 is 1.33 bits per heavy atom. The number of carboxylic acids is 1. The molecule has 0 aliphatic carbocycles. The van der Waals surface area contributed by atoms with Gasteiger partial charge in [-0.25, -0.2) is 9.89 Å². The van der Waals surface area contributed by atoms with Gasteiger partial charge in [0.15, 0.2) is 0 Å². The molecular formula is C12H11N3O3. The molecule has 0 saturated carbocycles. The molecule has 1 aromatic carbocycles.